The Balaban J connectivity index is 3.16. The van der Waals surface area contributed by atoms with Crippen LogP contribution in [0.15, 0.2) is 0 Å². The Kier molecular flexibility index (Phi) is 4.32. The van der Waals surface area contributed by atoms with Crippen LogP contribution in [-0.4, -0.2) is 12.3 Å². The minimum absolute atomic E-state index is 0.260. The molecule has 0 amide bonds. The van der Waals surface area contributed by atoms with E-state index in [-0.39, 0.29) is 5.78 Å². The first-order chi connectivity index (χ1) is 4.16. The quantitative estimate of drug-likeness (QED) is 0.614. The summed E-state index contributed by atoms with van der Waals surface area (Å²) >= 11 is 0. The van der Waals surface area contributed by atoms with Crippen LogP contribution in [0.2, 0.25) is 0 Å². The van der Waals surface area contributed by atoms with Crippen molar-refractivity contribution in [2.75, 3.05) is 6.54 Å². The lowest BCUT2D eigenvalue weighted by atomic mass is 10.0. The highest BCUT2D eigenvalue weighted by Gasteiger charge is 1.99. The molecule has 0 rings (SSSR count). The molecule has 1 atom stereocenters. The molecule has 2 N–H and O–H groups in total. The fraction of sp³-hybridized carbons (Fsp3) is 0.857. The van der Waals surface area contributed by atoms with Crippen LogP contribution in [0.3, 0.4) is 0 Å². The van der Waals surface area contributed by atoms with Crippen LogP contribution in [0.1, 0.15) is 26.7 Å². The van der Waals surface area contributed by atoms with E-state index >= 15 is 0 Å². The number of Topliss-reactive ketones (excluding diaryl/α,β-unsaturated/α-hetero) is 1. The molecule has 0 bridgehead atoms. The third kappa shape index (κ3) is 5.50. The fourth-order valence-corrected chi connectivity index (χ4v) is 0.568. The molecule has 2 nitrogen and oxygen atoms in total. The van der Waals surface area contributed by atoms with Crippen LogP contribution >= 0.6 is 0 Å². The van der Waals surface area contributed by atoms with Gasteiger partial charge in [0, 0.05) is 6.42 Å². The first kappa shape index (κ1) is 8.63. The van der Waals surface area contributed by atoms with Gasteiger partial charge in [0.15, 0.2) is 0 Å². The average Bonchev–Trinajstić information content (AvgIpc) is 1.83. The zero-order valence-corrected chi connectivity index (χ0v) is 6.18. The molecule has 0 saturated heterocycles. The number of hydrogen-bond acceptors (Lipinski definition) is 2. The Morgan fingerprint density at radius 2 is 2.22 bits per heavy atom. The second kappa shape index (κ2) is 4.50. The maximum atomic E-state index is 10.4. The number of rotatable bonds is 4. The Morgan fingerprint density at radius 1 is 1.67 bits per heavy atom. The van der Waals surface area contributed by atoms with E-state index in [9.17, 15) is 4.79 Å². The standard InChI is InChI=1S/C7H15NO/c1-6(5-8)3-4-7(2)9/h6H,3-5,8H2,1-2H3. The number of nitrogens with two attached hydrogens (primary N) is 1. The van der Waals surface area contributed by atoms with Gasteiger partial charge < -0.3 is 10.5 Å². The van der Waals surface area contributed by atoms with Crippen LogP contribution < -0.4 is 5.73 Å². The van der Waals surface area contributed by atoms with Gasteiger partial charge in [-0.25, -0.2) is 0 Å². The van der Waals surface area contributed by atoms with Gasteiger partial charge in [-0.1, -0.05) is 6.92 Å². The van der Waals surface area contributed by atoms with Crippen molar-refractivity contribution in [1.82, 2.24) is 0 Å². The molecule has 1 unspecified atom stereocenters. The lowest BCUT2D eigenvalue weighted by Crippen LogP contribution is -2.11. The molecule has 0 radical (unpaired) electrons. The molecule has 0 aliphatic rings. The zero-order chi connectivity index (χ0) is 7.28. The van der Waals surface area contributed by atoms with Crippen LogP contribution in [0, 0.1) is 5.92 Å². The Bertz CT molecular complexity index is 90.9. The van der Waals surface area contributed by atoms with Gasteiger partial charge in [-0.3, -0.25) is 0 Å². The van der Waals surface area contributed by atoms with Gasteiger partial charge in [0.25, 0.3) is 0 Å². The maximum absolute atomic E-state index is 10.4. The van der Waals surface area contributed by atoms with Crippen molar-refractivity contribution >= 4 is 5.78 Å². The summed E-state index contributed by atoms with van der Waals surface area (Å²) in [6.07, 6.45) is 1.62. The summed E-state index contributed by atoms with van der Waals surface area (Å²) in [5, 5.41) is 0. The predicted molar refractivity (Wildman–Crippen MR) is 38.1 cm³/mol. The Morgan fingerprint density at radius 3 is 2.56 bits per heavy atom. The first-order valence-corrected chi connectivity index (χ1v) is 3.36. The van der Waals surface area contributed by atoms with Gasteiger partial charge in [0.2, 0.25) is 0 Å². The van der Waals surface area contributed by atoms with E-state index in [1.54, 1.807) is 6.92 Å². The normalized spacial score (nSPS) is 13.2. The Hall–Kier alpha value is -0.370. The molecule has 0 saturated carbocycles. The summed E-state index contributed by atoms with van der Waals surface area (Å²) in [7, 11) is 0. The van der Waals surface area contributed by atoms with Crippen LogP contribution in [-0.2, 0) is 4.79 Å². The van der Waals surface area contributed by atoms with Gasteiger partial charge in [-0.05, 0) is 25.8 Å². The molecule has 2 heteroatoms. The van der Waals surface area contributed by atoms with E-state index in [0.717, 1.165) is 6.42 Å². The van der Waals surface area contributed by atoms with Crippen molar-refractivity contribution in [3.63, 3.8) is 0 Å². The topological polar surface area (TPSA) is 43.1 Å². The molecular formula is C7H15NO. The SMILES string of the molecule is CC(=O)CCC(C)CN. The largest absolute Gasteiger partial charge is 0.330 e. The third-order valence-electron chi connectivity index (χ3n) is 1.39. The highest BCUT2D eigenvalue weighted by molar-refractivity contribution is 5.75. The summed E-state index contributed by atoms with van der Waals surface area (Å²) in [5.74, 6) is 0.754. The van der Waals surface area contributed by atoms with Crippen LogP contribution in [0.25, 0.3) is 0 Å². The molecule has 54 valence electrons. The first-order valence-electron chi connectivity index (χ1n) is 3.36. The number of carbonyl (C=O) groups excluding carboxylic acids is 1. The van der Waals surface area contributed by atoms with Gasteiger partial charge in [-0.15, -0.1) is 0 Å². The summed E-state index contributed by atoms with van der Waals surface area (Å²) in [6.45, 7) is 4.36. The highest BCUT2D eigenvalue weighted by atomic mass is 16.1. The second-order valence-electron chi connectivity index (χ2n) is 2.58. The summed E-state index contributed by atoms with van der Waals surface area (Å²) in [6, 6.07) is 0. The van der Waals surface area contributed by atoms with E-state index in [2.05, 4.69) is 6.92 Å². The average molecular weight is 129 g/mol. The molecular weight excluding hydrogens is 114 g/mol. The number of carbonyl (C=O) groups is 1. The molecule has 0 heterocycles. The minimum Gasteiger partial charge on any atom is -0.330 e. The van der Waals surface area contributed by atoms with Gasteiger partial charge in [0.05, 0.1) is 0 Å². The van der Waals surface area contributed by atoms with Crippen LogP contribution in [0.5, 0.6) is 0 Å². The summed E-state index contributed by atoms with van der Waals surface area (Å²) < 4.78 is 0. The third-order valence-corrected chi connectivity index (χ3v) is 1.39. The van der Waals surface area contributed by atoms with E-state index in [1.165, 1.54) is 0 Å². The monoisotopic (exact) mass is 129 g/mol. The highest BCUT2D eigenvalue weighted by Crippen LogP contribution is 2.02. The van der Waals surface area contributed by atoms with Crippen molar-refractivity contribution in [2.24, 2.45) is 11.7 Å². The van der Waals surface area contributed by atoms with Crippen molar-refractivity contribution in [3.8, 4) is 0 Å². The van der Waals surface area contributed by atoms with E-state index in [1.807, 2.05) is 0 Å². The van der Waals surface area contributed by atoms with Crippen LogP contribution in [0.4, 0.5) is 0 Å². The molecule has 9 heavy (non-hydrogen) atoms. The molecule has 0 aromatic heterocycles. The van der Waals surface area contributed by atoms with Crippen molar-refractivity contribution in [2.45, 2.75) is 26.7 Å². The van der Waals surface area contributed by atoms with Gasteiger partial charge in [0.1, 0.15) is 5.78 Å². The smallest absolute Gasteiger partial charge is 0.129 e. The molecule has 0 spiro atoms. The number of ketones is 1. The fourth-order valence-electron chi connectivity index (χ4n) is 0.568. The second-order valence-corrected chi connectivity index (χ2v) is 2.58. The van der Waals surface area contributed by atoms with Crippen molar-refractivity contribution < 1.29 is 4.79 Å². The molecule has 0 fully saturated rings. The lowest BCUT2D eigenvalue weighted by molar-refractivity contribution is -0.117. The van der Waals surface area contributed by atoms with Crippen molar-refractivity contribution in [1.29, 1.82) is 0 Å². The Labute approximate surface area is 56.4 Å². The van der Waals surface area contributed by atoms with E-state index in [4.69, 9.17) is 5.73 Å². The molecule has 0 aliphatic carbocycles. The molecule has 0 aromatic carbocycles. The lowest BCUT2D eigenvalue weighted by Gasteiger charge is -2.04. The number of hydrogen-bond donors (Lipinski definition) is 1. The molecule has 0 aliphatic heterocycles. The van der Waals surface area contributed by atoms with Gasteiger partial charge >= 0.3 is 0 Å². The predicted octanol–water partition coefficient (Wildman–Crippen LogP) is 0.950. The van der Waals surface area contributed by atoms with E-state index < -0.39 is 0 Å². The summed E-state index contributed by atoms with van der Waals surface area (Å²) in [5.41, 5.74) is 5.35. The van der Waals surface area contributed by atoms with Gasteiger partial charge in [-0.2, -0.15) is 0 Å². The summed E-state index contributed by atoms with van der Waals surface area (Å²) in [4.78, 5) is 10.4. The minimum atomic E-state index is 0.260. The maximum Gasteiger partial charge on any atom is 0.129 e. The molecule has 0 aromatic rings. The van der Waals surface area contributed by atoms with Crippen molar-refractivity contribution in [3.05, 3.63) is 0 Å². The van der Waals surface area contributed by atoms with E-state index in [0.29, 0.717) is 18.9 Å². The zero-order valence-electron chi connectivity index (χ0n) is 6.18.